The first-order valence-corrected chi connectivity index (χ1v) is 8.81. The lowest BCUT2D eigenvalue weighted by atomic mass is 10.2. The normalized spacial score (nSPS) is 11.1. The van der Waals surface area contributed by atoms with E-state index in [0.717, 1.165) is 11.3 Å². The average Bonchev–Trinajstić information content (AvgIpc) is 3.20. The van der Waals surface area contributed by atoms with Crippen LogP contribution in [-0.2, 0) is 13.1 Å². The van der Waals surface area contributed by atoms with Gasteiger partial charge in [0.1, 0.15) is 12.3 Å². The minimum Gasteiger partial charge on any atom is -0.497 e. The Labute approximate surface area is 159 Å². The molecule has 0 aliphatic carbocycles. The van der Waals surface area contributed by atoms with Crippen molar-refractivity contribution in [2.45, 2.75) is 20.0 Å². The highest BCUT2D eigenvalue weighted by Gasteiger charge is 2.15. The third kappa shape index (κ3) is 2.98. The van der Waals surface area contributed by atoms with Gasteiger partial charge in [-0.3, -0.25) is 13.9 Å². The summed E-state index contributed by atoms with van der Waals surface area (Å²) in [5.74, 6) is 1.42. The van der Waals surface area contributed by atoms with Gasteiger partial charge in [-0.1, -0.05) is 17.3 Å². The fourth-order valence-electron chi connectivity index (χ4n) is 3.11. The van der Waals surface area contributed by atoms with Crippen molar-refractivity contribution >= 4 is 10.9 Å². The van der Waals surface area contributed by atoms with Crippen molar-refractivity contribution in [3.63, 3.8) is 0 Å². The van der Waals surface area contributed by atoms with E-state index in [-0.39, 0.29) is 24.5 Å². The molecule has 0 fully saturated rings. The van der Waals surface area contributed by atoms with Crippen LogP contribution in [-0.4, -0.2) is 26.4 Å². The lowest BCUT2D eigenvalue weighted by Crippen LogP contribution is -2.39. The molecule has 0 spiro atoms. The minimum atomic E-state index is -0.407. The van der Waals surface area contributed by atoms with Crippen LogP contribution in [0.2, 0.25) is 0 Å². The number of rotatable bonds is 5. The predicted molar refractivity (Wildman–Crippen MR) is 104 cm³/mol. The van der Waals surface area contributed by atoms with Gasteiger partial charge in [-0.15, -0.1) is 0 Å². The van der Waals surface area contributed by atoms with E-state index in [0.29, 0.717) is 16.7 Å². The van der Waals surface area contributed by atoms with E-state index < -0.39 is 5.69 Å². The number of hydrogen-bond donors (Lipinski definition) is 0. The molecule has 0 atom stereocenters. The number of hydrogen-bond acceptors (Lipinski definition) is 6. The summed E-state index contributed by atoms with van der Waals surface area (Å²) in [4.78, 5) is 29.7. The molecule has 2 aromatic heterocycles. The lowest BCUT2D eigenvalue weighted by Gasteiger charge is -2.11. The van der Waals surface area contributed by atoms with Crippen molar-refractivity contribution in [2.75, 3.05) is 7.11 Å². The number of fused-ring (bicyclic) bond motifs is 1. The maximum absolute atomic E-state index is 12.8. The van der Waals surface area contributed by atoms with Crippen LogP contribution in [0.4, 0.5) is 0 Å². The van der Waals surface area contributed by atoms with E-state index in [1.807, 2.05) is 12.1 Å². The van der Waals surface area contributed by atoms with Crippen molar-refractivity contribution in [3.05, 3.63) is 75.3 Å². The summed E-state index contributed by atoms with van der Waals surface area (Å²) < 4.78 is 13.2. The summed E-state index contributed by atoms with van der Waals surface area (Å²) in [6.07, 6.45) is 0. The van der Waals surface area contributed by atoms with Gasteiger partial charge in [0.25, 0.3) is 5.56 Å². The number of ether oxygens (including phenoxy) is 1. The zero-order valence-electron chi connectivity index (χ0n) is 15.5. The van der Waals surface area contributed by atoms with Gasteiger partial charge < -0.3 is 9.26 Å². The fraction of sp³-hybridized carbons (Fsp3) is 0.200. The Balaban J connectivity index is 1.76. The van der Waals surface area contributed by atoms with Gasteiger partial charge in [0.2, 0.25) is 11.7 Å². The Morgan fingerprint density at radius 2 is 1.79 bits per heavy atom. The molecule has 0 N–H and O–H groups in total. The molecule has 4 aromatic rings. The third-order valence-corrected chi connectivity index (χ3v) is 4.56. The molecule has 0 bridgehead atoms. The molecule has 8 nitrogen and oxygen atoms in total. The topological polar surface area (TPSA) is 92.2 Å². The van der Waals surface area contributed by atoms with E-state index in [1.54, 1.807) is 50.4 Å². The SMILES string of the molecule is CCn1c(=O)c2ccccc2n(Cc2nc(-c3ccc(OC)cc3)no2)c1=O. The molecule has 4 rings (SSSR count). The maximum Gasteiger partial charge on any atom is 0.331 e. The number of methoxy groups -OCH3 is 1. The van der Waals surface area contributed by atoms with E-state index in [1.165, 1.54) is 9.13 Å². The summed E-state index contributed by atoms with van der Waals surface area (Å²) >= 11 is 0. The largest absolute Gasteiger partial charge is 0.497 e. The first kappa shape index (κ1) is 17.7. The smallest absolute Gasteiger partial charge is 0.331 e. The Morgan fingerprint density at radius 3 is 2.50 bits per heavy atom. The van der Waals surface area contributed by atoms with E-state index >= 15 is 0 Å². The zero-order chi connectivity index (χ0) is 19.7. The van der Waals surface area contributed by atoms with Gasteiger partial charge in [0.15, 0.2) is 0 Å². The quantitative estimate of drug-likeness (QED) is 0.529. The molecule has 8 heteroatoms. The van der Waals surface area contributed by atoms with Crippen molar-refractivity contribution in [1.29, 1.82) is 0 Å². The molecule has 0 aliphatic rings. The summed E-state index contributed by atoms with van der Waals surface area (Å²) in [5, 5.41) is 4.47. The third-order valence-electron chi connectivity index (χ3n) is 4.56. The molecule has 0 aliphatic heterocycles. The molecule has 0 saturated carbocycles. The summed E-state index contributed by atoms with van der Waals surface area (Å²) in [5.41, 5.74) is 0.595. The van der Waals surface area contributed by atoms with Crippen molar-refractivity contribution in [3.8, 4) is 17.1 Å². The van der Waals surface area contributed by atoms with Gasteiger partial charge in [-0.05, 0) is 43.3 Å². The van der Waals surface area contributed by atoms with Gasteiger partial charge in [0.05, 0.1) is 18.0 Å². The van der Waals surface area contributed by atoms with Crippen LogP contribution in [0.25, 0.3) is 22.3 Å². The predicted octanol–water partition coefficient (Wildman–Crippen LogP) is 2.29. The molecule has 0 saturated heterocycles. The average molecular weight is 378 g/mol. The number of para-hydroxylation sites is 1. The summed E-state index contributed by atoms with van der Waals surface area (Å²) in [6, 6.07) is 14.3. The van der Waals surface area contributed by atoms with Crippen LogP contribution < -0.4 is 16.0 Å². The Hall–Kier alpha value is -3.68. The Morgan fingerprint density at radius 1 is 1.04 bits per heavy atom. The number of aromatic nitrogens is 4. The second-order valence-corrected chi connectivity index (χ2v) is 6.18. The van der Waals surface area contributed by atoms with Crippen molar-refractivity contribution in [2.24, 2.45) is 0 Å². The summed E-state index contributed by atoms with van der Waals surface area (Å²) in [6.45, 7) is 2.11. The number of benzene rings is 2. The molecular weight excluding hydrogens is 360 g/mol. The van der Waals surface area contributed by atoms with Gasteiger partial charge in [0, 0.05) is 12.1 Å². The van der Waals surface area contributed by atoms with E-state index in [4.69, 9.17) is 9.26 Å². The molecule has 0 amide bonds. The standard InChI is InChI=1S/C20H18N4O4/c1-3-23-19(25)15-6-4-5-7-16(15)24(20(23)26)12-17-21-18(22-28-17)13-8-10-14(27-2)11-9-13/h4-11H,3,12H2,1-2H3. The Bertz CT molecular complexity index is 1250. The minimum absolute atomic E-state index is 0.0722. The molecule has 2 heterocycles. The zero-order valence-corrected chi connectivity index (χ0v) is 15.5. The van der Waals surface area contributed by atoms with Gasteiger partial charge >= 0.3 is 5.69 Å². The molecule has 28 heavy (non-hydrogen) atoms. The van der Waals surface area contributed by atoms with E-state index in [9.17, 15) is 9.59 Å². The van der Waals surface area contributed by atoms with Crippen molar-refractivity contribution < 1.29 is 9.26 Å². The fourth-order valence-corrected chi connectivity index (χ4v) is 3.11. The van der Waals surface area contributed by atoms with Crippen LogP contribution in [0.3, 0.4) is 0 Å². The van der Waals surface area contributed by atoms with Crippen molar-refractivity contribution in [1.82, 2.24) is 19.3 Å². The second kappa shape index (κ2) is 7.15. The first-order valence-electron chi connectivity index (χ1n) is 8.81. The maximum atomic E-state index is 12.8. The molecule has 2 aromatic carbocycles. The summed E-state index contributed by atoms with van der Waals surface area (Å²) in [7, 11) is 1.60. The van der Waals surface area contributed by atoms with Crippen LogP contribution >= 0.6 is 0 Å². The van der Waals surface area contributed by atoms with Crippen LogP contribution in [0, 0.1) is 0 Å². The van der Waals surface area contributed by atoms with E-state index in [2.05, 4.69) is 10.1 Å². The monoisotopic (exact) mass is 378 g/mol. The van der Waals surface area contributed by atoms with Gasteiger partial charge in [-0.25, -0.2) is 4.79 Å². The van der Waals surface area contributed by atoms with Crippen LogP contribution in [0.5, 0.6) is 5.75 Å². The molecule has 142 valence electrons. The van der Waals surface area contributed by atoms with Crippen LogP contribution in [0.15, 0.2) is 62.6 Å². The van der Waals surface area contributed by atoms with Crippen LogP contribution in [0.1, 0.15) is 12.8 Å². The molecule has 0 radical (unpaired) electrons. The lowest BCUT2D eigenvalue weighted by molar-refractivity contribution is 0.369. The second-order valence-electron chi connectivity index (χ2n) is 6.18. The highest BCUT2D eigenvalue weighted by Crippen LogP contribution is 2.20. The molecule has 0 unspecified atom stereocenters. The first-order chi connectivity index (χ1) is 13.6. The Kier molecular flexibility index (Phi) is 4.52. The number of nitrogens with zero attached hydrogens (tertiary/aromatic N) is 4. The highest BCUT2D eigenvalue weighted by molar-refractivity contribution is 5.77. The highest BCUT2D eigenvalue weighted by atomic mass is 16.5. The molecular formula is C20H18N4O4. The van der Waals surface area contributed by atoms with Gasteiger partial charge in [-0.2, -0.15) is 4.98 Å².